The summed E-state index contributed by atoms with van der Waals surface area (Å²) in [5.74, 6) is -0.507. The number of amides is 2. The van der Waals surface area contributed by atoms with Crippen LogP contribution in [0, 0.1) is 5.82 Å². The zero-order chi connectivity index (χ0) is 34.7. The molecule has 48 heavy (non-hydrogen) atoms. The van der Waals surface area contributed by atoms with E-state index in [9.17, 15) is 22.4 Å². The average Bonchev–Trinajstić information content (AvgIpc) is 3.09. The van der Waals surface area contributed by atoms with E-state index in [4.69, 9.17) is 9.47 Å². The second kappa shape index (κ2) is 16.8. The fourth-order valence-corrected chi connectivity index (χ4v) is 6.51. The van der Waals surface area contributed by atoms with Crippen molar-refractivity contribution in [1.29, 1.82) is 0 Å². The molecule has 4 aromatic carbocycles. The molecule has 0 radical (unpaired) electrons. The lowest BCUT2D eigenvalue weighted by Gasteiger charge is -2.34. The largest absolute Gasteiger partial charge is 0.497 e. The van der Waals surface area contributed by atoms with Crippen LogP contribution in [0.15, 0.2) is 108 Å². The van der Waals surface area contributed by atoms with E-state index in [1.54, 1.807) is 18.2 Å². The predicted molar refractivity (Wildman–Crippen MR) is 184 cm³/mol. The van der Waals surface area contributed by atoms with Crippen LogP contribution in [0.25, 0.3) is 0 Å². The zero-order valence-corrected chi connectivity index (χ0v) is 28.5. The first kappa shape index (κ1) is 35.9. The van der Waals surface area contributed by atoms with Crippen LogP contribution < -0.4 is 19.1 Å². The third-order valence-electron chi connectivity index (χ3n) is 7.88. The van der Waals surface area contributed by atoms with E-state index in [1.807, 2.05) is 57.2 Å². The molecule has 0 bridgehead atoms. The Kier molecular flexibility index (Phi) is 12.6. The first-order chi connectivity index (χ1) is 23.0. The Morgan fingerprint density at radius 3 is 2.15 bits per heavy atom. The molecule has 0 aromatic heterocycles. The Bertz CT molecular complexity index is 1750. The Balaban J connectivity index is 1.80. The lowest BCUT2D eigenvalue weighted by atomic mass is 10.0. The molecule has 2 amide bonds. The van der Waals surface area contributed by atoms with Gasteiger partial charge >= 0.3 is 0 Å². The Morgan fingerprint density at radius 2 is 1.52 bits per heavy atom. The summed E-state index contributed by atoms with van der Waals surface area (Å²) < 4.78 is 54.2. The lowest BCUT2D eigenvalue weighted by molar-refractivity contribution is -0.140. The van der Waals surface area contributed by atoms with Crippen LogP contribution in [-0.4, -0.2) is 57.5 Å². The number of methoxy groups -OCH3 is 1. The number of nitrogens with one attached hydrogen (secondary N) is 1. The smallest absolute Gasteiger partial charge is 0.264 e. The summed E-state index contributed by atoms with van der Waals surface area (Å²) in [6.45, 7) is 5.38. The van der Waals surface area contributed by atoms with Crippen molar-refractivity contribution in [3.8, 4) is 11.5 Å². The van der Waals surface area contributed by atoms with E-state index < -0.39 is 34.3 Å². The van der Waals surface area contributed by atoms with Crippen molar-refractivity contribution in [2.45, 2.75) is 57.1 Å². The summed E-state index contributed by atoms with van der Waals surface area (Å²) in [6, 6.07) is 26.0. The van der Waals surface area contributed by atoms with Gasteiger partial charge in [-0.15, -0.1) is 0 Å². The Labute approximate surface area is 282 Å². The number of carbonyl (C=O) groups is 2. The summed E-state index contributed by atoms with van der Waals surface area (Å²) in [5.41, 5.74) is 1.59. The van der Waals surface area contributed by atoms with E-state index in [0.29, 0.717) is 30.1 Å². The molecule has 0 saturated carbocycles. The normalized spacial score (nSPS) is 12.4. The zero-order valence-electron chi connectivity index (χ0n) is 27.6. The van der Waals surface area contributed by atoms with Crippen LogP contribution in [0.3, 0.4) is 0 Å². The molecule has 4 rings (SSSR count). The van der Waals surface area contributed by atoms with Gasteiger partial charge in [-0.3, -0.25) is 13.9 Å². The number of rotatable bonds is 16. The molecular weight excluding hydrogens is 633 g/mol. The SMILES string of the molecule is CCOc1ccc(S(=O)(=O)N(CC(=O)N(Cc2cccc(OC)c2)C(Cc2ccccc2)C(=O)NC(C)CC)c2ccc(F)cc2)cc1. The third kappa shape index (κ3) is 9.34. The van der Waals surface area contributed by atoms with Gasteiger partial charge in [0.15, 0.2) is 0 Å². The molecule has 2 unspecified atom stereocenters. The van der Waals surface area contributed by atoms with Crippen molar-refractivity contribution in [1.82, 2.24) is 10.2 Å². The highest BCUT2D eigenvalue weighted by Gasteiger charge is 2.35. The molecule has 0 fully saturated rings. The first-order valence-electron chi connectivity index (χ1n) is 15.8. The van der Waals surface area contributed by atoms with Crippen molar-refractivity contribution in [2.75, 3.05) is 24.6 Å². The molecule has 0 saturated heterocycles. The van der Waals surface area contributed by atoms with Gasteiger partial charge in [0.1, 0.15) is 29.9 Å². The molecule has 0 spiro atoms. The Hall–Kier alpha value is -4.90. The molecule has 9 nitrogen and oxygen atoms in total. The van der Waals surface area contributed by atoms with Gasteiger partial charge in [0.2, 0.25) is 11.8 Å². The van der Waals surface area contributed by atoms with Gasteiger partial charge in [0, 0.05) is 19.0 Å². The van der Waals surface area contributed by atoms with Gasteiger partial charge < -0.3 is 19.7 Å². The van der Waals surface area contributed by atoms with E-state index in [-0.39, 0.29) is 35.5 Å². The van der Waals surface area contributed by atoms with Gasteiger partial charge in [-0.05, 0) is 92.1 Å². The minimum atomic E-state index is -4.35. The fraction of sp³-hybridized carbons (Fsp3) is 0.297. The first-order valence-corrected chi connectivity index (χ1v) is 17.3. The minimum Gasteiger partial charge on any atom is -0.497 e. The monoisotopic (exact) mass is 675 g/mol. The quantitative estimate of drug-likeness (QED) is 0.157. The maximum Gasteiger partial charge on any atom is 0.264 e. The highest BCUT2D eigenvalue weighted by Crippen LogP contribution is 2.27. The highest BCUT2D eigenvalue weighted by atomic mass is 32.2. The molecule has 0 aliphatic rings. The molecule has 254 valence electrons. The van der Waals surface area contributed by atoms with Crippen LogP contribution in [0.2, 0.25) is 0 Å². The van der Waals surface area contributed by atoms with Gasteiger partial charge in [0.25, 0.3) is 10.0 Å². The van der Waals surface area contributed by atoms with Crippen molar-refractivity contribution >= 4 is 27.5 Å². The van der Waals surface area contributed by atoms with Crippen LogP contribution in [-0.2, 0) is 32.6 Å². The fourth-order valence-electron chi connectivity index (χ4n) is 5.10. The second-order valence-electron chi connectivity index (χ2n) is 11.3. The summed E-state index contributed by atoms with van der Waals surface area (Å²) in [7, 11) is -2.82. The average molecular weight is 676 g/mol. The minimum absolute atomic E-state index is 0.0121. The maximum absolute atomic E-state index is 14.6. The summed E-state index contributed by atoms with van der Waals surface area (Å²) in [4.78, 5) is 29.9. The number of sulfonamides is 1. The number of hydrogen-bond donors (Lipinski definition) is 1. The van der Waals surface area contributed by atoms with Crippen molar-refractivity contribution < 1.29 is 31.9 Å². The number of hydrogen-bond acceptors (Lipinski definition) is 6. The number of nitrogens with zero attached hydrogens (tertiary/aromatic N) is 2. The molecular formula is C37H42FN3O6S. The van der Waals surface area contributed by atoms with Crippen LogP contribution in [0.5, 0.6) is 11.5 Å². The standard InChI is InChI=1S/C37H42FN3O6S/c1-5-27(3)39-37(43)35(24-28-11-8-7-9-12-28)40(25-29-13-10-14-33(23-29)46-4)36(42)26-41(31-17-15-30(38)16-18-31)48(44,45)34-21-19-32(20-22-34)47-6-2/h7-23,27,35H,5-6,24-26H2,1-4H3,(H,39,43). The van der Waals surface area contributed by atoms with E-state index in [2.05, 4.69) is 5.32 Å². The number of benzene rings is 4. The number of halogens is 1. The number of anilines is 1. The van der Waals surface area contributed by atoms with Crippen LogP contribution >= 0.6 is 0 Å². The van der Waals surface area contributed by atoms with Gasteiger partial charge in [0.05, 0.1) is 24.3 Å². The van der Waals surface area contributed by atoms with E-state index in [0.717, 1.165) is 22.0 Å². The Morgan fingerprint density at radius 1 is 0.854 bits per heavy atom. The summed E-state index contributed by atoms with van der Waals surface area (Å²) in [5, 5.41) is 3.01. The summed E-state index contributed by atoms with van der Waals surface area (Å²) >= 11 is 0. The van der Waals surface area contributed by atoms with Crippen molar-refractivity contribution in [3.63, 3.8) is 0 Å². The van der Waals surface area contributed by atoms with Crippen LogP contribution in [0.1, 0.15) is 38.3 Å². The van der Waals surface area contributed by atoms with Gasteiger partial charge in [-0.25, -0.2) is 12.8 Å². The van der Waals surface area contributed by atoms with Crippen molar-refractivity contribution in [2.24, 2.45) is 0 Å². The third-order valence-corrected chi connectivity index (χ3v) is 9.66. The van der Waals surface area contributed by atoms with E-state index in [1.165, 1.54) is 48.4 Å². The molecule has 0 heterocycles. The second-order valence-corrected chi connectivity index (χ2v) is 13.2. The molecule has 2 atom stereocenters. The van der Waals surface area contributed by atoms with Crippen LogP contribution in [0.4, 0.5) is 10.1 Å². The van der Waals surface area contributed by atoms with Crippen molar-refractivity contribution in [3.05, 3.63) is 120 Å². The maximum atomic E-state index is 14.6. The topological polar surface area (TPSA) is 105 Å². The molecule has 4 aromatic rings. The molecule has 11 heteroatoms. The van der Waals surface area contributed by atoms with Gasteiger partial charge in [-0.2, -0.15) is 0 Å². The molecule has 1 N–H and O–H groups in total. The summed E-state index contributed by atoms with van der Waals surface area (Å²) in [6.07, 6.45) is 0.854. The number of carbonyl (C=O) groups excluding carboxylic acids is 2. The number of ether oxygens (including phenoxy) is 2. The molecule has 0 aliphatic carbocycles. The molecule has 0 aliphatic heterocycles. The lowest BCUT2D eigenvalue weighted by Crippen LogP contribution is -2.54. The highest BCUT2D eigenvalue weighted by molar-refractivity contribution is 7.92. The van der Waals surface area contributed by atoms with E-state index >= 15 is 0 Å². The predicted octanol–water partition coefficient (Wildman–Crippen LogP) is 5.98. The van der Waals surface area contributed by atoms with Gasteiger partial charge in [-0.1, -0.05) is 49.4 Å².